The van der Waals surface area contributed by atoms with Crippen molar-refractivity contribution >= 4 is 0 Å². The molecule has 1 saturated carbocycles. The fraction of sp³-hybridized carbons (Fsp3) is 1.00. The monoisotopic (exact) mass is 172 g/mol. The molecule has 1 N–H and O–H groups in total. The summed E-state index contributed by atoms with van der Waals surface area (Å²) in [6.07, 6.45) is 7.09. The second-order valence-electron chi connectivity index (χ2n) is 3.68. The fourth-order valence-electron chi connectivity index (χ4n) is 1.72. The molecule has 2 nitrogen and oxygen atoms in total. The van der Waals surface area contributed by atoms with E-state index < -0.39 is 0 Å². The quantitative estimate of drug-likeness (QED) is 0.688. The molecule has 0 spiro atoms. The predicted molar refractivity (Wildman–Crippen MR) is 49.1 cm³/mol. The third kappa shape index (κ3) is 3.55. The van der Waals surface area contributed by atoms with Gasteiger partial charge in [-0.3, -0.25) is 0 Å². The van der Waals surface area contributed by atoms with Gasteiger partial charge in [0.1, 0.15) is 0 Å². The first-order valence-electron chi connectivity index (χ1n) is 5.12. The van der Waals surface area contributed by atoms with Crippen LogP contribution in [0.2, 0.25) is 0 Å². The zero-order valence-corrected chi connectivity index (χ0v) is 7.96. The molecular formula is C10H20O2. The predicted octanol–water partition coefficient (Wildman–Crippen LogP) is 2.11. The lowest BCUT2D eigenvalue weighted by molar-refractivity contribution is -0.00897. The van der Waals surface area contributed by atoms with Gasteiger partial charge in [-0.2, -0.15) is 0 Å². The van der Waals surface area contributed by atoms with Crippen LogP contribution in [-0.4, -0.2) is 23.9 Å². The maximum Gasteiger partial charge on any atom is 0.0773 e. The van der Waals surface area contributed by atoms with Crippen LogP contribution in [0.25, 0.3) is 0 Å². The number of hydrogen-bond acceptors (Lipinski definition) is 2. The Morgan fingerprint density at radius 1 is 1.42 bits per heavy atom. The second-order valence-corrected chi connectivity index (χ2v) is 3.68. The molecule has 2 heteroatoms. The van der Waals surface area contributed by atoms with Crippen LogP contribution in [0.15, 0.2) is 0 Å². The van der Waals surface area contributed by atoms with Gasteiger partial charge in [0.25, 0.3) is 0 Å². The van der Waals surface area contributed by atoms with Crippen LogP contribution in [0.5, 0.6) is 0 Å². The van der Waals surface area contributed by atoms with E-state index >= 15 is 0 Å². The highest BCUT2D eigenvalue weighted by Crippen LogP contribution is 2.21. The highest BCUT2D eigenvalue weighted by atomic mass is 16.5. The van der Waals surface area contributed by atoms with E-state index in [4.69, 9.17) is 4.74 Å². The first-order chi connectivity index (χ1) is 5.83. The molecule has 0 radical (unpaired) electrons. The molecular weight excluding hydrogens is 152 g/mol. The Labute approximate surface area is 74.9 Å². The van der Waals surface area contributed by atoms with E-state index in [2.05, 4.69) is 6.92 Å². The summed E-state index contributed by atoms with van der Waals surface area (Å²) in [5, 5.41) is 9.38. The highest BCUT2D eigenvalue weighted by Gasteiger charge is 2.16. The topological polar surface area (TPSA) is 29.5 Å². The van der Waals surface area contributed by atoms with Gasteiger partial charge in [-0.05, 0) is 19.3 Å². The number of aliphatic hydroxyl groups is 1. The van der Waals surface area contributed by atoms with Gasteiger partial charge in [-0.15, -0.1) is 0 Å². The zero-order chi connectivity index (χ0) is 8.81. The molecule has 0 amide bonds. The summed E-state index contributed by atoms with van der Waals surface area (Å²) in [4.78, 5) is 0. The Bertz CT molecular complexity index is 108. The van der Waals surface area contributed by atoms with Crippen LogP contribution >= 0.6 is 0 Å². The molecule has 0 bridgehead atoms. The van der Waals surface area contributed by atoms with Crippen LogP contribution < -0.4 is 0 Å². The lowest BCUT2D eigenvalue weighted by atomic mass is 10.2. The Kier molecular flexibility index (Phi) is 4.62. The maximum atomic E-state index is 9.38. The summed E-state index contributed by atoms with van der Waals surface area (Å²) in [7, 11) is 0. The van der Waals surface area contributed by atoms with Crippen LogP contribution in [0, 0.1) is 0 Å². The average molecular weight is 172 g/mol. The lowest BCUT2D eigenvalue weighted by Crippen LogP contribution is -2.19. The fourth-order valence-corrected chi connectivity index (χ4v) is 1.72. The van der Waals surface area contributed by atoms with Gasteiger partial charge in [-0.1, -0.05) is 26.2 Å². The third-order valence-electron chi connectivity index (χ3n) is 2.45. The summed E-state index contributed by atoms with van der Waals surface area (Å²) in [5.74, 6) is 0. The van der Waals surface area contributed by atoms with Crippen molar-refractivity contribution in [3.8, 4) is 0 Å². The number of aliphatic hydroxyl groups excluding tert-OH is 1. The molecule has 72 valence electrons. The molecule has 0 aliphatic heterocycles. The van der Waals surface area contributed by atoms with Gasteiger partial charge in [0, 0.05) is 0 Å². The van der Waals surface area contributed by atoms with Crippen molar-refractivity contribution in [2.75, 3.05) is 6.61 Å². The lowest BCUT2D eigenvalue weighted by Gasteiger charge is -2.14. The molecule has 1 fully saturated rings. The van der Waals surface area contributed by atoms with E-state index in [1.54, 1.807) is 0 Å². The molecule has 12 heavy (non-hydrogen) atoms. The molecule has 0 aromatic heterocycles. The molecule has 0 aromatic rings. The van der Waals surface area contributed by atoms with Crippen molar-refractivity contribution in [3.05, 3.63) is 0 Å². The molecule has 1 unspecified atom stereocenters. The summed E-state index contributed by atoms with van der Waals surface area (Å²) in [6.45, 7) is 2.62. The van der Waals surface area contributed by atoms with E-state index in [1.165, 1.54) is 25.7 Å². The standard InChI is InChI=1S/C10H20O2/c1-2-5-9(11)8-12-10-6-3-4-7-10/h9-11H,2-8H2,1H3. The number of hydrogen-bond donors (Lipinski definition) is 1. The van der Waals surface area contributed by atoms with Crippen molar-refractivity contribution in [2.45, 2.75) is 57.7 Å². The normalized spacial score (nSPS) is 21.5. The van der Waals surface area contributed by atoms with Crippen molar-refractivity contribution in [3.63, 3.8) is 0 Å². The van der Waals surface area contributed by atoms with Crippen molar-refractivity contribution < 1.29 is 9.84 Å². The minimum atomic E-state index is -0.240. The van der Waals surface area contributed by atoms with Gasteiger partial charge < -0.3 is 9.84 Å². The molecule has 0 heterocycles. The van der Waals surface area contributed by atoms with E-state index in [0.717, 1.165) is 12.8 Å². The van der Waals surface area contributed by atoms with Gasteiger partial charge in [0.05, 0.1) is 18.8 Å². The Morgan fingerprint density at radius 2 is 2.08 bits per heavy atom. The first-order valence-corrected chi connectivity index (χ1v) is 5.12. The van der Waals surface area contributed by atoms with Crippen molar-refractivity contribution in [1.82, 2.24) is 0 Å². The summed E-state index contributed by atoms with van der Waals surface area (Å²) in [5.41, 5.74) is 0. The molecule has 0 aromatic carbocycles. The SMILES string of the molecule is CCCC(O)COC1CCCC1. The van der Waals surface area contributed by atoms with Crippen LogP contribution in [-0.2, 0) is 4.74 Å². The van der Waals surface area contributed by atoms with Crippen LogP contribution in [0.3, 0.4) is 0 Å². The van der Waals surface area contributed by atoms with Crippen LogP contribution in [0.1, 0.15) is 45.4 Å². The van der Waals surface area contributed by atoms with E-state index in [-0.39, 0.29) is 6.10 Å². The van der Waals surface area contributed by atoms with Gasteiger partial charge in [-0.25, -0.2) is 0 Å². The third-order valence-corrected chi connectivity index (χ3v) is 2.45. The van der Waals surface area contributed by atoms with Gasteiger partial charge >= 0.3 is 0 Å². The molecule has 1 aliphatic rings. The van der Waals surface area contributed by atoms with Gasteiger partial charge in [0.2, 0.25) is 0 Å². The molecule has 1 aliphatic carbocycles. The minimum absolute atomic E-state index is 0.240. The van der Waals surface area contributed by atoms with E-state index in [1.807, 2.05) is 0 Å². The van der Waals surface area contributed by atoms with Gasteiger partial charge in [0.15, 0.2) is 0 Å². The largest absolute Gasteiger partial charge is 0.391 e. The minimum Gasteiger partial charge on any atom is -0.391 e. The van der Waals surface area contributed by atoms with E-state index in [9.17, 15) is 5.11 Å². The molecule has 1 atom stereocenters. The zero-order valence-electron chi connectivity index (χ0n) is 7.96. The summed E-state index contributed by atoms with van der Waals surface area (Å²) >= 11 is 0. The van der Waals surface area contributed by atoms with E-state index in [0.29, 0.717) is 12.7 Å². The first kappa shape index (κ1) is 10.0. The highest BCUT2D eigenvalue weighted by molar-refractivity contribution is 4.67. The number of ether oxygens (including phenoxy) is 1. The Balaban J connectivity index is 1.99. The number of rotatable bonds is 5. The Morgan fingerprint density at radius 3 is 2.67 bits per heavy atom. The molecule has 0 saturated heterocycles. The van der Waals surface area contributed by atoms with Crippen molar-refractivity contribution in [1.29, 1.82) is 0 Å². The Hall–Kier alpha value is -0.0800. The molecule has 1 rings (SSSR count). The summed E-state index contributed by atoms with van der Waals surface area (Å²) < 4.78 is 5.57. The average Bonchev–Trinajstić information content (AvgIpc) is 2.53. The second kappa shape index (κ2) is 5.55. The maximum absolute atomic E-state index is 9.38. The smallest absolute Gasteiger partial charge is 0.0773 e. The van der Waals surface area contributed by atoms with Crippen molar-refractivity contribution in [2.24, 2.45) is 0 Å². The van der Waals surface area contributed by atoms with Crippen LogP contribution in [0.4, 0.5) is 0 Å². The summed E-state index contributed by atoms with van der Waals surface area (Å²) in [6, 6.07) is 0.